The highest BCUT2D eigenvalue weighted by Crippen LogP contribution is 2.30. The Morgan fingerprint density at radius 1 is 1.33 bits per heavy atom. The van der Waals surface area contributed by atoms with Crippen LogP contribution in [-0.4, -0.2) is 12.2 Å². The van der Waals surface area contributed by atoms with Crippen LogP contribution in [0.3, 0.4) is 0 Å². The van der Waals surface area contributed by atoms with Crippen LogP contribution in [-0.2, 0) is 12.0 Å². The minimum Gasteiger partial charge on any atom is -0.496 e. The molecule has 84 valence electrons. The van der Waals surface area contributed by atoms with E-state index in [0.29, 0.717) is 0 Å². The molecular formula is C13H20O2. The fourth-order valence-electron chi connectivity index (χ4n) is 1.53. The van der Waals surface area contributed by atoms with Crippen LogP contribution in [0.5, 0.6) is 5.75 Å². The van der Waals surface area contributed by atoms with Crippen molar-refractivity contribution >= 4 is 0 Å². The van der Waals surface area contributed by atoms with E-state index >= 15 is 0 Å². The van der Waals surface area contributed by atoms with E-state index in [-0.39, 0.29) is 12.0 Å². The van der Waals surface area contributed by atoms with E-state index in [0.717, 1.165) is 17.7 Å². The number of aliphatic hydroxyl groups is 1. The molecule has 1 rings (SSSR count). The quantitative estimate of drug-likeness (QED) is 0.824. The van der Waals surface area contributed by atoms with Crippen LogP contribution in [0.4, 0.5) is 0 Å². The second-order valence-electron chi connectivity index (χ2n) is 4.42. The Kier molecular flexibility index (Phi) is 3.75. The number of benzene rings is 1. The van der Waals surface area contributed by atoms with Crippen LogP contribution in [0.15, 0.2) is 18.2 Å². The molecular weight excluding hydrogens is 188 g/mol. The summed E-state index contributed by atoms with van der Waals surface area (Å²) in [6.45, 7) is 6.60. The zero-order valence-electron chi connectivity index (χ0n) is 10.0. The van der Waals surface area contributed by atoms with Crippen molar-refractivity contribution in [3.8, 4) is 5.75 Å². The molecule has 0 amide bonds. The van der Waals surface area contributed by atoms with Crippen LogP contribution in [0.25, 0.3) is 0 Å². The number of ether oxygens (including phenoxy) is 1. The summed E-state index contributed by atoms with van der Waals surface area (Å²) in [7, 11) is 1.62. The minimum absolute atomic E-state index is 0.0246. The Labute approximate surface area is 91.9 Å². The molecule has 2 heteroatoms. The van der Waals surface area contributed by atoms with Crippen molar-refractivity contribution in [3.63, 3.8) is 0 Å². The zero-order chi connectivity index (χ0) is 11.5. The molecule has 0 radical (unpaired) electrons. The first-order valence-electron chi connectivity index (χ1n) is 5.33. The summed E-state index contributed by atoms with van der Waals surface area (Å²) in [5.41, 5.74) is 2.25. The van der Waals surface area contributed by atoms with Crippen LogP contribution in [0, 0.1) is 0 Å². The molecule has 0 fully saturated rings. The lowest BCUT2D eigenvalue weighted by Gasteiger charge is -2.24. The molecule has 15 heavy (non-hydrogen) atoms. The molecule has 0 spiro atoms. The summed E-state index contributed by atoms with van der Waals surface area (Å²) in [5.74, 6) is 0.758. The van der Waals surface area contributed by atoms with Crippen LogP contribution in [0.2, 0.25) is 0 Å². The van der Waals surface area contributed by atoms with E-state index in [1.807, 2.05) is 12.1 Å². The highest BCUT2D eigenvalue weighted by molar-refractivity contribution is 5.39. The molecule has 0 atom stereocenters. The SMILES string of the molecule is CCC(C)(C)c1ccc(OC)c(CO)c1. The van der Waals surface area contributed by atoms with Crippen molar-refractivity contribution in [2.24, 2.45) is 0 Å². The summed E-state index contributed by atoms with van der Waals surface area (Å²) < 4.78 is 5.18. The first kappa shape index (κ1) is 12.1. The average molecular weight is 208 g/mol. The Bertz CT molecular complexity index is 329. The first-order chi connectivity index (χ1) is 7.05. The molecule has 0 aliphatic carbocycles. The highest BCUT2D eigenvalue weighted by Gasteiger charge is 2.19. The van der Waals surface area contributed by atoms with Gasteiger partial charge in [0.05, 0.1) is 13.7 Å². The molecule has 0 bridgehead atoms. The third-order valence-electron chi connectivity index (χ3n) is 3.12. The van der Waals surface area contributed by atoms with Crippen molar-refractivity contribution in [2.75, 3.05) is 7.11 Å². The average Bonchev–Trinajstić information content (AvgIpc) is 2.28. The minimum atomic E-state index is 0.0246. The summed E-state index contributed by atoms with van der Waals surface area (Å²) >= 11 is 0. The highest BCUT2D eigenvalue weighted by atomic mass is 16.5. The smallest absolute Gasteiger partial charge is 0.124 e. The van der Waals surface area contributed by atoms with Crippen molar-refractivity contribution in [1.82, 2.24) is 0 Å². The second-order valence-corrected chi connectivity index (χ2v) is 4.42. The maximum absolute atomic E-state index is 9.23. The van der Waals surface area contributed by atoms with E-state index < -0.39 is 0 Å². The lowest BCUT2D eigenvalue weighted by Crippen LogP contribution is -2.15. The van der Waals surface area contributed by atoms with Crippen LogP contribution < -0.4 is 4.74 Å². The number of methoxy groups -OCH3 is 1. The number of aliphatic hydroxyl groups excluding tert-OH is 1. The second kappa shape index (κ2) is 4.67. The van der Waals surface area contributed by atoms with Gasteiger partial charge in [-0.1, -0.05) is 26.8 Å². The van der Waals surface area contributed by atoms with Gasteiger partial charge in [-0.3, -0.25) is 0 Å². The summed E-state index contributed by atoms with van der Waals surface area (Å²) in [6.07, 6.45) is 1.07. The standard InChI is InChI=1S/C13H20O2/c1-5-13(2,3)11-6-7-12(15-4)10(8-11)9-14/h6-8,14H,5,9H2,1-4H3. The van der Waals surface area contributed by atoms with Crippen LogP contribution >= 0.6 is 0 Å². The summed E-state index contributed by atoms with van der Waals surface area (Å²) in [6, 6.07) is 6.03. The largest absolute Gasteiger partial charge is 0.496 e. The molecule has 0 unspecified atom stereocenters. The number of hydrogen-bond acceptors (Lipinski definition) is 2. The van der Waals surface area contributed by atoms with Gasteiger partial charge >= 0.3 is 0 Å². The monoisotopic (exact) mass is 208 g/mol. The van der Waals surface area contributed by atoms with Crippen molar-refractivity contribution in [2.45, 2.75) is 39.2 Å². The number of rotatable bonds is 4. The molecule has 0 aromatic heterocycles. The van der Waals surface area contributed by atoms with Gasteiger partial charge in [0.15, 0.2) is 0 Å². The predicted octanol–water partition coefficient (Wildman–Crippen LogP) is 2.88. The predicted molar refractivity (Wildman–Crippen MR) is 62.2 cm³/mol. The van der Waals surface area contributed by atoms with Gasteiger partial charge in [-0.05, 0) is 29.5 Å². The van der Waals surface area contributed by atoms with E-state index in [9.17, 15) is 5.11 Å². The number of hydrogen-bond donors (Lipinski definition) is 1. The fourth-order valence-corrected chi connectivity index (χ4v) is 1.53. The van der Waals surface area contributed by atoms with Gasteiger partial charge in [0, 0.05) is 5.56 Å². The molecule has 1 aromatic rings. The third-order valence-corrected chi connectivity index (χ3v) is 3.12. The van der Waals surface area contributed by atoms with Crippen LogP contribution in [0.1, 0.15) is 38.3 Å². The topological polar surface area (TPSA) is 29.5 Å². The molecule has 1 aromatic carbocycles. The summed E-state index contributed by atoms with van der Waals surface area (Å²) in [4.78, 5) is 0. The fraction of sp³-hybridized carbons (Fsp3) is 0.538. The van der Waals surface area contributed by atoms with Crippen molar-refractivity contribution in [1.29, 1.82) is 0 Å². The molecule has 0 aliphatic rings. The Morgan fingerprint density at radius 3 is 2.47 bits per heavy atom. The van der Waals surface area contributed by atoms with Gasteiger partial charge in [0.1, 0.15) is 5.75 Å². The Balaban J connectivity index is 3.13. The maximum atomic E-state index is 9.23. The van der Waals surface area contributed by atoms with Gasteiger partial charge in [-0.25, -0.2) is 0 Å². The third kappa shape index (κ3) is 2.51. The van der Waals surface area contributed by atoms with E-state index in [4.69, 9.17) is 4.74 Å². The van der Waals surface area contributed by atoms with E-state index in [1.165, 1.54) is 5.56 Å². The van der Waals surface area contributed by atoms with Gasteiger partial charge < -0.3 is 9.84 Å². The lowest BCUT2D eigenvalue weighted by molar-refractivity contribution is 0.273. The molecule has 0 saturated carbocycles. The van der Waals surface area contributed by atoms with Gasteiger partial charge in [0.2, 0.25) is 0 Å². The first-order valence-corrected chi connectivity index (χ1v) is 5.33. The molecule has 2 nitrogen and oxygen atoms in total. The molecule has 1 N–H and O–H groups in total. The zero-order valence-corrected chi connectivity index (χ0v) is 10.0. The van der Waals surface area contributed by atoms with Gasteiger partial charge in [-0.15, -0.1) is 0 Å². The van der Waals surface area contributed by atoms with Gasteiger partial charge in [-0.2, -0.15) is 0 Å². The Hall–Kier alpha value is -1.02. The molecule has 0 aliphatic heterocycles. The molecule has 0 saturated heterocycles. The van der Waals surface area contributed by atoms with Crippen molar-refractivity contribution in [3.05, 3.63) is 29.3 Å². The maximum Gasteiger partial charge on any atom is 0.124 e. The normalized spacial score (nSPS) is 11.5. The molecule has 0 heterocycles. The lowest BCUT2D eigenvalue weighted by atomic mass is 9.81. The van der Waals surface area contributed by atoms with Crippen molar-refractivity contribution < 1.29 is 9.84 Å². The summed E-state index contributed by atoms with van der Waals surface area (Å²) in [5, 5.41) is 9.23. The van der Waals surface area contributed by atoms with Gasteiger partial charge in [0.25, 0.3) is 0 Å². The van der Waals surface area contributed by atoms with E-state index in [2.05, 4.69) is 26.8 Å². The van der Waals surface area contributed by atoms with E-state index in [1.54, 1.807) is 7.11 Å². The Morgan fingerprint density at radius 2 is 2.00 bits per heavy atom.